The second kappa shape index (κ2) is 6.35. The first-order valence-electron chi connectivity index (χ1n) is 7.32. The van der Waals surface area contributed by atoms with E-state index in [9.17, 15) is 4.79 Å². The molecule has 3 N–H and O–H groups in total. The van der Waals surface area contributed by atoms with E-state index in [1.165, 1.54) is 0 Å². The van der Waals surface area contributed by atoms with Crippen LogP contribution in [0.15, 0.2) is 24.3 Å². The molecule has 0 aliphatic heterocycles. The first-order valence-corrected chi connectivity index (χ1v) is 7.32. The molecule has 21 heavy (non-hydrogen) atoms. The standard InChI is InChI=1S/C16H24N2O3/c1-11(2)18-16(15(17)19,12-4-5-12)10-21-14-8-6-13(20-3)7-9-14/h6-9,11-12,18H,4-5,10H2,1-3H3,(H2,17,19). The van der Waals surface area contributed by atoms with E-state index >= 15 is 0 Å². The van der Waals surface area contributed by atoms with Crippen LogP contribution in [-0.2, 0) is 4.79 Å². The highest BCUT2D eigenvalue weighted by atomic mass is 16.5. The number of primary amides is 1. The Kier molecular flexibility index (Phi) is 4.73. The molecule has 0 aromatic heterocycles. The normalized spacial score (nSPS) is 17.3. The minimum absolute atomic E-state index is 0.164. The van der Waals surface area contributed by atoms with Crippen LogP contribution in [0.3, 0.4) is 0 Å². The summed E-state index contributed by atoms with van der Waals surface area (Å²) in [7, 11) is 1.62. The maximum Gasteiger partial charge on any atom is 0.241 e. The number of carbonyl (C=O) groups is 1. The highest BCUT2D eigenvalue weighted by Gasteiger charge is 2.50. The van der Waals surface area contributed by atoms with Crippen LogP contribution in [0.25, 0.3) is 0 Å². The number of hydrogen-bond donors (Lipinski definition) is 2. The molecule has 116 valence electrons. The van der Waals surface area contributed by atoms with Gasteiger partial charge in [-0.05, 0) is 56.9 Å². The summed E-state index contributed by atoms with van der Waals surface area (Å²) in [6, 6.07) is 7.47. The van der Waals surface area contributed by atoms with Gasteiger partial charge in [-0.15, -0.1) is 0 Å². The molecular formula is C16H24N2O3. The molecule has 1 unspecified atom stereocenters. The van der Waals surface area contributed by atoms with Crippen molar-refractivity contribution in [2.75, 3.05) is 13.7 Å². The second-order valence-corrected chi connectivity index (χ2v) is 5.87. The molecule has 1 aliphatic carbocycles. The summed E-state index contributed by atoms with van der Waals surface area (Å²) in [6.07, 6.45) is 2.02. The molecule has 0 saturated heterocycles. The number of ether oxygens (including phenoxy) is 2. The second-order valence-electron chi connectivity index (χ2n) is 5.87. The molecule has 1 aromatic carbocycles. The molecule has 0 bridgehead atoms. The quantitative estimate of drug-likeness (QED) is 0.765. The third-order valence-corrected chi connectivity index (χ3v) is 3.79. The predicted octanol–water partition coefficient (Wildman–Crippen LogP) is 1.71. The lowest BCUT2D eigenvalue weighted by molar-refractivity contribution is -0.127. The zero-order valence-corrected chi connectivity index (χ0v) is 12.9. The lowest BCUT2D eigenvalue weighted by Crippen LogP contribution is -2.62. The van der Waals surface area contributed by atoms with E-state index in [0.717, 1.165) is 18.6 Å². The number of methoxy groups -OCH3 is 1. The summed E-state index contributed by atoms with van der Waals surface area (Å²) in [6.45, 7) is 4.26. The molecule has 5 nitrogen and oxygen atoms in total. The first-order chi connectivity index (χ1) is 9.98. The molecule has 0 spiro atoms. The van der Waals surface area contributed by atoms with Crippen molar-refractivity contribution in [3.63, 3.8) is 0 Å². The van der Waals surface area contributed by atoms with Gasteiger partial charge in [-0.3, -0.25) is 10.1 Å². The topological polar surface area (TPSA) is 73.6 Å². The van der Waals surface area contributed by atoms with E-state index in [2.05, 4.69) is 5.32 Å². The third-order valence-electron chi connectivity index (χ3n) is 3.79. The van der Waals surface area contributed by atoms with Crippen molar-refractivity contribution >= 4 is 5.91 Å². The fourth-order valence-electron chi connectivity index (χ4n) is 2.58. The van der Waals surface area contributed by atoms with Crippen LogP contribution in [-0.4, -0.2) is 31.2 Å². The maximum atomic E-state index is 12.0. The number of nitrogens with two attached hydrogens (primary N) is 1. The maximum absolute atomic E-state index is 12.0. The van der Waals surface area contributed by atoms with Crippen LogP contribution in [0.4, 0.5) is 0 Å². The Morgan fingerprint density at radius 3 is 2.33 bits per heavy atom. The highest BCUT2D eigenvalue weighted by Crippen LogP contribution is 2.40. The van der Waals surface area contributed by atoms with Gasteiger partial charge >= 0.3 is 0 Å². The summed E-state index contributed by atoms with van der Waals surface area (Å²) in [5, 5.41) is 3.32. The average molecular weight is 292 g/mol. The van der Waals surface area contributed by atoms with Crippen LogP contribution in [0.2, 0.25) is 0 Å². The van der Waals surface area contributed by atoms with Gasteiger partial charge in [0.05, 0.1) is 7.11 Å². The van der Waals surface area contributed by atoms with Crippen molar-refractivity contribution in [2.45, 2.75) is 38.3 Å². The Hall–Kier alpha value is -1.75. The van der Waals surface area contributed by atoms with Gasteiger partial charge in [-0.25, -0.2) is 0 Å². The zero-order chi connectivity index (χ0) is 15.5. The summed E-state index contributed by atoms with van der Waals surface area (Å²) < 4.78 is 10.9. The summed E-state index contributed by atoms with van der Waals surface area (Å²) in [4.78, 5) is 12.0. The number of benzene rings is 1. The Morgan fingerprint density at radius 1 is 1.33 bits per heavy atom. The molecule has 2 rings (SSSR count). The van der Waals surface area contributed by atoms with Gasteiger partial charge < -0.3 is 15.2 Å². The number of hydrogen-bond acceptors (Lipinski definition) is 4. The third kappa shape index (κ3) is 3.67. The fraction of sp³-hybridized carbons (Fsp3) is 0.562. The van der Waals surface area contributed by atoms with E-state index in [4.69, 9.17) is 15.2 Å². The van der Waals surface area contributed by atoms with Crippen molar-refractivity contribution < 1.29 is 14.3 Å². The molecular weight excluding hydrogens is 268 g/mol. The molecule has 1 amide bonds. The molecule has 1 fully saturated rings. The Balaban J connectivity index is 2.09. The number of rotatable bonds is 8. The van der Waals surface area contributed by atoms with Crippen molar-refractivity contribution in [3.8, 4) is 11.5 Å². The van der Waals surface area contributed by atoms with Gasteiger partial charge in [0, 0.05) is 6.04 Å². The van der Waals surface area contributed by atoms with E-state index < -0.39 is 5.54 Å². The molecule has 1 atom stereocenters. The van der Waals surface area contributed by atoms with Gasteiger partial charge in [-0.2, -0.15) is 0 Å². The van der Waals surface area contributed by atoms with Crippen LogP contribution in [0.1, 0.15) is 26.7 Å². The van der Waals surface area contributed by atoms with Gasteiger partial charge in [0.1, 0.15) is 23.6 Å². The molecule has 1 aromatic rings. The zero-order valence-electron chi connectivity index (χ0n) is 12.9. The van der Waals surface area contributed by atoms with E-state index in [-0.39, 0.29) is 24.5 Å². The Labute approximate surface area is 125 Å². The smallest absolute Gasteiger partial charge is 0.241 e. The minimum Gasteiger partial charge on any atom is -0.497 e. The van der Waals surface area contributed by atoms with Crippen molar-refractivity contribution in [3.05, 3.63) is 24.3 Å². The Bertz CT molecular complexity index is 483. The summed E-state index contributed by atoms with van der Waals surface area (Å²) in [5.74, 6) is 1.39. The van der Waals surface area contributed by atoms with E-state index in [1.807, 2.05) is 38.1 Å². The van der Waals surface area contributed by atoms with Crippen LogP contribution in [0, 0.1) is 5.92 Å². The van der Waals surface area contributed by atoms with Crippen LogP contribution < -0.4 is 20.5 Å². The monoisotopic (exact) mass is 292 g/mol. The number of amides is 1. The van der Waals surface area contributed by atoms with Crippen molar-refractivity contribution in [1.82, 2.24) is 5.32 Å². The van der Waals surface area contributed by atoms with Crippen molar-refractivity contribution in [2.24, 2.45) is 11.7 Å². The number of nitrogens with one attached hydrogen (secondary N) is 1. The first kappa shape index (κ1) is 15.6. The van der Waals surface area contributed by atoms with Crippen molar-refractivity contribution in [1.29, 1.82) is 0 Å². The molecule has 0 heterocycles. The van der Waals surface area contributed by atoms with Gasteiger partial charge in [0.25, 0.3) is 0 Å². The summed E-state index contributed by atoms with van der Waals surface area (Å²) >= 11 is 0. The van der Waals surface area contributed by atoms with Gasteiger partial charge in [-0.1, -0.05) is 0 Å². The molecule has 1 aliphatic rings. The lowest BCUT2D eigenvalue weighted by atomic mass is 9.92. The molecule has 1 saturated carbocycles. The molecule has 0 radical (unpaired) electrons. The van der Waals surface area contributed by atoms with Gasteiger partial charge in [0.15, 0.2) is 0 Å². The number of carbonyl (C=O) groups excluding carboxylic acids is 1. The lowest BCUT2D eigenvalue weighted by Gasteiger charge is -2.33. The van der Waals surface area contributed by atoms with Gasteiger partial charge in [0.2, 0.25) is 5.91 Å². The summed E-state index contributed by atoms with van der Waals surface area (Å²) in [5.41, 5.74) is 4.89. The Morgan fingerprint density at radius 2 is 1.90 bits per heavy atom. The average Bonchev–Trinajstić information content (AvgIpc) is 3.28. The SMILES string of the molecule is COc1ccc(OCC(NC(C)C)(C(N)=O)C2CC2)cc1. The largest absolute Gasteiger partial charge is 0.497 e. The van der Waals surface area contributed by atoms with E-state index in [1.54, 1.807) is 7.11 Å². The van der Waals surface area contributed by atoms with Crippen LogP contribution in [0.5, 0.6) is 11.5 Å². The highest BCUT2D eigenvalue weighted by molar-refractivity contribution is 5.86. The minimum atomic E-state index is -0.784. The fourth-order valence-corrected chi connectivity index (χ4v) is 2.58. The van der Waals surface area contributed by atoms with Crippen LogP contribution >= 0.6 is 0 Å². The predicted molar refractivity (Wildman–Crippen MR) is 81.4 cm³/mol. The molecule has 5 heteroatoms. The van der Waals surface area contributed by atoms with E-state index in [0.29, 0.717) is 5.75 Å².